The van der Waals surface area contributed by atoms with Gasteiger partial charge in [0.05, 0.1) is 18.2 Å². The number of carbonyl (C=O) groups is 1. The number of carbonyl (C=O) groups excluding carboxylic acids is 1. The van der Waals surface area contributed by atoms with Crippen LogP contribution in [0, 0.1) is 6.92 Å². The van der Waals surface area contributed by atoms with E-state index < -0.39 is 12.2 Å². The van der Waals surface area contributed by atoms with Gasteiger partial charge in [0, 0.05) is 19.6 Å². The lowest BCUT2D eigenvalue weighted by molar-refractivity contribution is -0.0167. The van der Waals surface area contributed by atoms with E-state index in [0.717, 1.165) is 68.6 Å². The van der Waals surface area contributed by atoms with Crippen molar-refractivity contribution in [2.45, 2.75) is 83.1 Å². The average Bonchev–Trinajstić information content (AvgIpc) is 3.22. The normalized spacial score (nSPS) is 23.0. The average molecular weight is 485 g/mol. The van der Waals surface area contributed by atoms with E-state index in [1.54, 1.807) is 0 Å². The molecule has 1 fully saturated rings. The molecule has 1 aliphatic heterocycles. The van der Waals surface area contributed by atoms with E-state index in [1.807, 2.05) is 49.2 Å². The van der Waals surface area contributed by atoms with Gasteiger partial charge in [0.15, 0.2) is 0 Å². The van der Waals surface area contributed by atoms with Crippen molar-refractivity contribution in [3.8, 4) is 5.75 Å². The highest BCUT2D eigenvalue weighted by molar-refractivity contribution is 5.97. The number of hydrogen-bond acceptors (Lipinski definition) is 6. The summed E-state index contributed by atoms with van der Waals surface area (Å²) in [6.07, 6.45) is 5.60. The quantitative estimate of drug-likeness (QED) is 0.684. The van der Waals surface area contributed by atoms with Gasteiger partial charge in [0.2, 0.25) is 0 Å². The fourth-order valence-corrected chi connectivity index (χ4v) is 4.93. The second-order valence-corrected chi connectivity index (χ2v) is 10.1. The maximum absolute atomic E-state index is 13.3. The molecule has 7 nitrogen and oxygen atoms in total. The molecule has 2 heterocycles. The Morgan fingerprint density at radius 1 is 1.03 bits per heavy atom. The number of amides is 1. The van der Waals surface area contributed by atoms with Gasteiger partial charge >= 0.3 is 0 Å². The molecular formula is C28H40N2O5. The predicted molar refractivity (Wildman–Crippen MR) is 135 cm³/mol. The minimum Gasteiger partial charge on any atom is -0.490 e. The minimum absolute atomic E-state index is 0.0356. The van der Waals surface area contributed by atoms with Gasteiger partial charge in [-0.25, -0.2) is 0 Å². The fourth-order valence-electron chi connectivity index (χ4n) is 4.93. The van der Waals surface area contributed by atoms with Crippen LogP contribution in [0.3, 0.4) is 0 Å². The van der Waals surface area contributed by atoms with Gasteiger partial charge in [-0.15, -0.1) is 0 Å². The first-order valence-electron chi connectivity index (χ1n) is 13.1. The van der Waals surface area contributed by atoms with Gasteiger partial charge in [-0.3, -0.25) is 9.69 Å². The van der Waals surface area contributed by atoms with E-state index in [0.29, 0.717) is 30.8 Å². The molecule has 1 saturated carbocycles. The van der Waals surface area contributed by atoms with E-state index in [2.05, 4.69) is 4.90 Å². The van der Waals surface area contributed by atoms with Crippen LogP contribution >= 0.6 is 0 Å². The molecule has 192 valence electrons. The highest BCUT2D eigenvalue weighted by Gasteiger charge is 2.29. The van der Waals surface area contributed by atoms with Crippen molar-refractivity contribution in [1.82, 2.24) is 9.80 Å². The monoisotopic (exact) mass is 484 g/mol. The predicted octanol–water partition coefficient (Wildman–Crippen LogP) is 3.93. The molecule has 0 unspecified atom stereocenters. The smallest absolute Gasteiger partial charge is 0.257 e. The third-order valence-corrected chi connectivity index (χ3v) is 7.45. The Kier molecular flexibility index (Phi) is 8.87. The van der Waals surface area contributed by atoms with Crippen LogP contribution in [-0.2, 0) is 13.0 Å². The summed E-state index contributed by atoms with van der Waals surface area (Å²) in [5.41, 5.74) is 1.53. The molecule has 0 saturated heterocycles. The number of aliphatic hydroxyl groups is 2. The van der Waals surface area contributed by atoms with E-state index >= 15 is 0 Å². The number of aliphatic hydroxyl groups excluding tert-OH is 2. The van der Waals surface area contributed by atoms with Crippen molar-refractivity contribution in [3.05, 3.63) is 53.0 Å². The Morgan fingerprint density at radius 2 is 1.86 bits per heavy atom. The van der Waals surface area contributed by atoms with Gasteiger partial charge in [-0.2, -0.15) is 0 Å². The van der Waals surface area contributed by atoms with Gasteiger partial charge in [-0.1, -0.05) is 18.6 Å². The summed E-state index contributed by atoms with van der Waals surface area (Å²) in [6, 6.07) is 10.0. The fraction of sp³-hybridized carbons (Fsp3) is 0.607. The molecule has 1 amide bonds. The first-order valence-corrected chi connectivity index (χ1v) is 13.1. The van der Waals surface area contributed by atoms with Crippen LogP contribution in [0.4, 0.5) is 0 Å². The van der Waals surface area contributed by atoms with Crippen LogP contribution in [0.15, 0.2) is 34.7 Å². The van der Waals surface area contributed by atoms with Crippen LogP contribution in [-0.4, -0.2) is 70.9 Å². The van der Waals surface area contributed by atoms with Crippen molar-refractivity contribution < 1.29 is 24.2 Å². The zero-order valence-electron chi connectivity index (χ0n) is 21.1. The number of ether oxygens (including phenoxy) is 1. The summed E-state index contributed by atoms with van der Waals surface area (Å²) in [6.45, 7) is 4.13. The standard InChI is InChI=1S/C28H40N2O5/c1-20-13-14-23(35-20)18-30-16-5-3-4-8-21-9-6-12-24(28(33)29(2)22-10-7-11-22)27(21)34-19-26(32)25(31)15-17-30/h6,9,12-14,22,25-26,31-32H,3-5,7-8,10-11,15-19H2,1-2H3/t25-,26+/m0/s1. The molecule has 2 aliphatic rings. The summed E-state index contributed by atoms with van der Waals surface area (Å²) in [4.78, 5) is 17.4. The largest absolute Gasteiger partial charge is 0.490 e. The van der Waals surface area contributed by atoms with E-state index in [1.165, 1.54) is 0 Å². The molecule has 0 radical (unpaired) electrons. The summed E-state index contributed by atoms with van der Waals surface area (Å²) in [5, 5.41) is 21.3. The number of benzene rings is 1. The first kappa shape index (κ1) is 25.7. The number of aryl methyl sites for hydroxylation is 2. The van der Waals surface area contributed by atoms with Gasteiger partial charge in [-0.05, 0) is 82.2 Å². The zero-order valence-corrected chi connectivity index (χ0v) is 21.1. The first-order chi connectivity index (χ1) is 16.9. The maximum atomic E-state index is 13.3. The van der Waals surface area contributed by atoms with Crippen LogP contribution in [0.1, 0.15) is 72.4 Å². The van der Waals surface area contributed by atoms with Gasteiger partial charge in [0.1, 0.15) is 30.0 Å². The number of hydrogen-bond donors (Lipinski definition) is 2. The zero-order chi connectivity index (χ0) is 24.8. The molecule has 0 spiro atoms. The second-order valence-electron chi connectivity index (χ2n) is 10.1. The Balaban J connectivity index is 1.47. The van der Waals surface area contributed by atoms with Crippen molar-refractivity contribution >= 4 is 5.91 Å². The molecule has 2 atom stereocenters. The Bertz CT molecular complexity index is 970. The van der Waals surface area contributed by atoms with Crippen molar-refractivity contribution in [3.63, 3.8) is 0 Å². The third kappa shape index (κ3) is 6.66. The molecule has 7 heteroatoms. The van der Waals surface area contributed by atoms with Crippen molar-refractivity contribution in [2.24, 2.45) is 0 Å². The summed E-state index contributed by atoms with van der Waals surface area (Å²) in [5.74, 6) is 2.33. The number of nitrogens with zero attached hydrogens (tertiary/aromatic N) is 2. The lowest BCUT2D eigenvalue weighted by Gasteiger charge is -2.35. The number of furan rings is 1. The lowest BCUT2D eigenvalue weighted by Crippen LogP contribution is -2.41. The molecule has 1 aliphatic carbocycles. The minimum atomic E-state index is -1.04. The number of fused-ring (bicyclic) bond motifs is 1. The SMILES string of the molecule is Cc1ccc(CN2CCCCCc3cccc(C(=O)N(C)C4CCC4)c3OC[C@@H](O)[C@@H](O)CC2)o1. The molecule has 1 aromatic heterocycles. The topological polar surface area (TPSA) is 86.4 Å². The molecule has 35 heavy (non-hydrogen) atoms. The van der Waals surface area contributed by atoms with Crippen molar-refractivity contribution in [2.75, 3.05) is 26.7 Å². The van der Waals surface area contributed by atoms with Gasteiger partial charge < -0.3 is 24.3 Å². The van der Waals surface area contributed by atoms with E-state index in [9.17, 15) is 15.0 Å². The number of rotatable bonds is 4. The highest BCUT2D eigenvalue weighted by Crippen LogP contribution is 2.31. The summed E-state index contributed by atoms with van der Waals surface area (Å²) < 4.78 is 11.8. The third-order valence-electron chi connectivity index (χ3n) is 7.45. The Morgan fingerprint density at radius 3 is 2.57 bits per heavy atom. The molecule has 2 N–H and O–H groups in total. The lowest BCUT2D eigenvalue weighted by atomic mass is 9.91. The van der Waals surface area contributed by atoms with Crippen LogP contribution in [0.25, 0.3) is 0 Å². The van der Waals surface area contributed by atoms with Crippen LogP contribution in [0.5, 0.6) is 5.75 Å². The van der Waals surface area contributed by atoms with Crippen molar-refractivity contribution in [1.29, 1.82) is 0 Å². The van der Waals surface area contributed by atoms with E-state index in [4.69, 9.17) is 9.15 Å². The highest BCUT2D eigenvalue weighted by atomic mass is 16.5. The second kappa shape index (κ2) is 12.1. The van der Waals surface area contributed by atoms with E-state index in [-0.39, 0.29) is 18.6 Å². The van der Waals surface area contributed by atoms with Gasteiger partial charge in [0.25, 0.3) is 5.91 Å². The maximum Gasteiger partial charge on any atom is 0.257 e. The number of para-hydroxylation sites is 1. The molecule has 4 rings (SSSR count). The van der Waals surface area contributed by atoms with Crippen LogP contribution in [0.2, 0.25) is 0 Å². The molecule has 1 aromatic carbocycles. The summed E-state index contributed by atoms with van der Waals surface area (Å²) in [7, 11) is 1.86. The van der Waals surface area contributed by atoms with Crippen LogP contribution < -0.4 is 4.74 Å². The molecule has 2 aromatic rings. The molecular weight excluding hydrogens is 444 g/mol. The molecule has 0 bridgehead atoms. The summed E-state index contributed by atoms with van der Waals surface area (Å²) >= 11 is 0. The Labute approximate surface area is 208 Å². The Hall–Kier alpha value is -2.35.